The monoisotopic (exact) mass is 325 g/mol. The largest absolute Gasteiger partial charge is 0.488 e. The minimum absolute atomic E-state index is 0.508. The molecule has 0 bridgehead atoms. The summed E-state index contributed by atoms with van der Waals surface area (Å²) in [6.45, 7) is 1.05. The Morgan fingerprint density at radius 1 is 1.11 bits per heavy atom. The van der Waals surface area contributed by atoms with Crippen molar-refractivity contribution in [2.24, 2.45) is 5.73 Å². The van der Waals surface area contributed by atoms with Crippen LogP contribution >= 0.6 is 27.5 Å². The quantitative estimate of drug-likeness (QED) is 0.916. The van der Waals surface area contributed by atoms with E-state index in [0.717, 1.165) is 21.3 Å². The SMILES string of the molecule is NCc1cccc(COc2ccc(Cl)cc2Br)c1. The summed E-state index contributed by atoms with van der Waals surface area (Å²) in [5.74, 6) is 0.776. The molecule has 0 unspecified atom stereocenters. The third-order valence-corrected chi connectivity index (χ3v) is 3.37. The van der Waals surface area contributed by atoms with E-state index in [1.807, 2.05) is 36.4 Å². The average molecular weight is 327 g/mol. The lowest BCUT2D eigenvalue weighted by molar-refractivity contribution is 0.304. The molecule has 2 aromatic rings. The van der Waals surface area contributed by atoms with Gasteiger partial charge in [-0.1, -0.05) is 35.9 Å². The molecule has 0 spiro atoms. The van der Waals surface area contributed by atoms with Crippen LogP contribution in [0.3, 0.4) is 0 Å². The van der Waals surface area contributed by atoms with Crippen LogP contribution in [0.25, 0.3) is 0 Å². The van der Waals surface area contributed by atoms with Gasteiger partial charge < -0.3 is 10.5 Å². The van der Waals surface area contributed by atoms with Gasteiger partial charge in [-0.3, -0.25) is 0 Å². The molecule has 0 fully saturated rings. The van der Waals surface area contributed by atoms with Crippen LogP contribution in [-0.2, 0) is 13.2 Å². The first-order chi connectivity index (χ1) is 8.69. The summed E-state index contributed by atoms with van der Waals surface area (Å²) in [5.41, 5.74) is 7.80. The van der Waals surface area contributed by atoms with Crippen LogP contribution in [0, 0.1) is 0 Å². The first kappa shape index (κ1) is 13.4. The minimum atomic E-state index is 0.508. The molecule has 0 saturated carbocycles. The van der Waals surface area contributed by atoms with Crippen molar-refractivity contribution in [3.05, 3.63) is 63.1 Å². The average Bonchev–Trinajstić information content (AvgIpc) is 2.38. The summed E-state index contributed by atoms with van der Waals surface area (Å²) >= 11 is 9.29. The summed E-state index contributed by atoms with van der Waals surface area (Å²) in [7, 11) is 0. The molecule has 2 aromatic carbocycles. The van der Waals surface area contributed by atoms with Gasteiger partial charge >= 0.3 is 0 Å². The van der Waals surface area contributed by atoms with Crippen LogP contribution in [0.4, 0.5) is 0 Å². The fourth-order valence-corrected chi connectivity index (χ4v) is 2.40. The molecule has 0 amide bonds. The van der Waals surface area contributed by atoms with E-state index in [-0.39, 0.29) is 0 Å². The fourth-order valence-electron chi connectivity index (χ4n) is 1.60. The molecule has 2 N–H and O–H groups in total. The Kier molecular flexibility index (Phi) is 4.64. The molecule has 4 heteroatoms. The van der Waals surface area contributed by atoms with Gasteiger partial charge in [0.15, 0.2) is 0 Å². The van der Waals surface area contributed by atoms with Crippen LogP contribution in [0.5, 0.6) is 5.75 Å². The topological polar surface area (TPSA) is 35.2 Å². The maximum Gasteiger partial charge on any atom is 0.134 e. The lowest BCUT2D eigenvalue weighted by atomic mass is 10.1. The highest BCUT2D eigenvalue weighted by Crippen LogP contribution is 2.28. The van der Waals surface area contributed by atoms with Gasteiger partial charge in [-0.25, -0.2) is 0 Å². The Labute approximate surface area is 120 Å². The second kappa shape index (κ2) is 6.23. The van der Waals surface area contributed by atoms with Crippen LogP contribution in [0.2, 0.25) is 5.02 Å². The second-order valence-corrected chi connectivity index (χ2v) is 5.18. The number of nitrogens with two attached hydrogens (primary N) is 1. The molecule has 0 atom stereocenters. The minimum Gasteiger partial charge on any atom is -0.488 e. The normalized spacial score (nSPS) is 10.4. The van der Waals surface area contributed by atoms with Crippen molar-refractivity contribution in [3.63, 3.8) is 0 Å². The van der Waals surface area contributed by atoms with Crippen molar-refractivity contribution < 1.29 is 4.74 Å². The summed E-state index contributed by atoms with van der Waals surface area (Å²) in [4.78, 5) is 0. The molecule has 0 aliphatic carbocycles. The van der Waals surface area contributed by atoms with Gasteiger partial charge in [-0.2, -0.15) is 0 Å². The highest BCUT2D eigenvalue weighted by molar-refractivity contribution is 9.10. The smallest absolute Gasteiger partial charge is 0.134 e. The molecule has 0 aromatic heterocycles. The molecule has 2 nitrogen and oxygen atoms in total. The van der Waals surface area contributed by atoms with E-state index < -0.39 is 0 Å². The molecule has 0 radical (unpaired) electrons. The first-order valence-corrected chi connectivity index (χ1v) is 6.72. The molecule has 0 heterocycles. The number of hydrogen-bond donors (Lipinski definition) is 1. The van der Waals surface area contributed by atoms with E-state index in [1.165, 1.54) is 0 Å². The van der Waals surface area contributed by atoms with Crippen molar-refractivity contribution in [1.29, 1.82) is 0 Å². The summed E-state index contributed by atoms with van der Waals surface area (Å²) in [5, 5.41) is 0.680. The van der Waals surface area contributed by atoms with E-state index in [1.54, 1.807) is 6.07 Å². The van der Waals surface area contributed by atoms with E-state index >= 15 is 0 Å². The molecule has 2 rings (SSSR count). The molecule has 94 valence electrons. The summed E-state index contributed by atoms with van der Waals surface area (Å²) in [6.07, 6.45) is 0. The second-order valence-electron chi connectivity index (χ2n) is 3.89. The Balaban J connectivity index is 2.06. The highest BCUT2D eigenvalue weighted by atomic mass is 79.9. The van der Waals surface area contributed by atoms with E-state index in [4.69, 9.17) is 22.1 Å². The Morgan fingerprint density at radius 2 is 1.89 bits per heavy atom. The maximum atomic E-state index is 5.87. The zero-order valence-electron chi connectivity index (χ0n) is 9.70. The van der Waals surface area contributed by atoms with Crippen molar-refractivity contribution >= 4 is 27.5 Å². The highest BCUT2D eigenvalue weighted by Gasteiger charge is 2.02. The summed E-state index contributed by atoms with van der Waals surface area (Å²) in [6, 6.07) is 13.5. The lowest BCUT2D eigenvalue weighted by Gasteiger charge is -2.09. The van der Waals surface area contributed by atoms with Gasteiger partial charge in [0.1, 0.15) is 12.4 Å². The van der Waals surface area contributed by atoms with Gasteiger partial charge in [-0.05, 0) is 45.3 Å². The zero-order valence-corrected chi connectivity index (χ0v) is 12.0. The number of benzene rings is 2. The third-order valence-electron chi connectivity index (χ3n) is 2.52. The molecule has 0 aliphatic rings. The van der Waals surface area contributed by atoms with Crippen molar-refractivity contribution in [1.82, 2.24) is 0 Å². The Hall–Kier alpha value is -1.03. The van der Waals surface area contributed by atoms with Gasteiger partial charge in [0, 0.05) is 11.6 Å². The van der Waals surface area contributed by atoms with Gasteiger partial charge in [0.05, 0.1) is 4.47 Å². The number of ether oxygens (including phenoxy) is 1. The van der Waals surface area contributed by atoms with E-state index in [9.17, 15) is 0 Å². The zero-order chi connectivity index (χ0) is 13.0. The van der Waals surface area contributed by atoms with Crippen LogP contribution in [-0.4, -0.2) is 0 Å². The Bertz CT molecular complexity index is 545. The lowest BCUT2D eigenvalue weighted by Crippen LogP contribution is -2.00. The molecule has 0 aliphatic heterocycles. The van der Waals surface area contributed by atoms with Crippen molar-refractivity contribution in [2.75, 3.05) is 0 Å². The van der Waals surface area contributed by atoms with Crippen molar-refractivity contribution in [3.8, 4) is 5.75 Å². The molecular weight excluding hydrogens is 314 g/mol. The predicted molar refractivity (Wildman–Crippen MR) is 77.8 cm³/mol. The number of hydrogen-bond acceptors (Lipinski definition) is 2. The van der Waals surface area contributed by atoms with Gasteiger partial charge in [0.25, 0.3) is 0 Å². The maximum absolute atomic E-state index is 5.87. The van der Waals surface area contributed by atoms with Crippen molar-refractivity contribution in [2.45, 2.75) is 13.2 Å². The third kappa shape index (κ3) is 3.48. The summed E-state index contributed by atoms with van der Waals surface area (Å²) < 4.78 is 6.58. The van der Waals surface area contributed by atoms with Crippen LogP contribution < -0.4 is 10.5 Å². The van der Waals surface area contributed by atoms with E-state index in [2.05, 4.69) is 15.9 Å². The van der Waals surface area contributed by atoms with Crippen LogP contribution in [0.1, 0.15) is 11.1 Å². The van der Waals surface area contributed by atoms with Gasteiger partial charge in [-0.15, -0.1) is 0 Å². The Morgan fingerprint density at radius 3 is 2.61 bits per heavy atom. The molecule has 18 heavy (non-hydrogen) atoms. The molecule has 0 saturated heterocycles. The van der Waals surface area contributed by atoms with E-state index in [0.29, 0.717) is 18.2 Å². The fraction of sp³-hybridized carbons (Fsp3) is 0.143. The first-order valence-electron chi connectivity index (χ1n) is 5.55. The number of halogens is 2. The van der Waals surface area contributed by atoms with Gasteiger partial charge in [0.2, 0.25) is 0 Å². The predicted octanol–water partition coefficient (Wildman–Crippen LogP) is 4.14. The molecular formula is C14H13BrClNO. The number of rotatable bonds is 4. The standard InChI is InChI=1S/C14H13BrClNO/c15-13-7-12(16)4-5-14(13)18-9-11-3-1-2-10(6-11)8-17/h1-7H,8-9,17H2. The van der Waals surface area contributed by atoms with Crippen LogP contribution in [0.15, 0.2) is 46.9 Å².